The number of anilines is 1. The first-order valence-corrected chi connectivity index (χ1v) is 8.26. The number of hydrogen-bond acceptors (Lipinski definition) is 4. The average Bonchev–Trinajstić information content (AvgIpc) is 2.54. The molecule has 0 aromatic heterocycles. The number of methoxy groups -OCH3 is 1. The van der Waals surface area contributed by atoms with Crippen LogP contribution in [-0.4, -0.2) is 25.1 Å². The third kappa shape index (κ3) is 5.56. The topological polar surface area (TPSA) is 64.6 Å². The Morgan fingerprint density at radius 1 is 1.24 bits per heavy atom. The van der Waals surface area contributed by atoms with E-state index in [1.807, 2.05) is 6.07 Å². The van der Waals surface area contributed by atoms with Gasteiger partial charge >= 0.3 is 5.97 Å². The van der Waals surface area contributed by atoms with E-state index in [1.165, 1.54) is 26.2 Å². The van der Waals surface area contributed by atoms with E-state index in [-0.39, 0.29) is 12.2 Å². The SMILES string of the molecule is COc1ccc(CC(=O)O[C@@H](C)C(=O)Nc2cccc(Br)c2)cc1F. The summed E-state index contributed by atoms with van der Waals surface area (Å²) < 4.78 is 24.4. The maximum Gasteiger partial charge on any atom is 0.311 e. The summed E-state index contributed by atoms with van der Waals surface area (Å²) in [4.78, 5) is 24.0. The highest BCUT2D eigenvalue weighted by Gasteiger charge is 2.18. The Bertz CT molecular complexity index is 781. The standard InChI is InChI=1S/C18H17BrFNO4/c1-11(18(23)21-14-5-3-4-13(19)10-14)25-17(22)9-12-6-7-16(24-2)15(20)8-12/h3-8,10-11H,9H2,1-2H3,(H,21,23)/t11-/m0/s1. The number of rotatable bonds is 6. The molecule has 0 heterocycles. The molecule has 0 aliphatic carbocycles. The molecule has 7 heteroatoms. The van der Waals surface area contributed by atoms with Gasteiger partial charge in [0, 0.05) is 10.2 Å². The highest BCUT2D eigenvalue weighted by molar-refractivity contribution is 9.10. The van der Waals surface area contributed by atoms with Crippen LogP contribution in [0.5, 0.6) is 5.75 Å². The summed E-state index contributed by atoms with van der Waals surface area (Å²) in [5.41, 5.74) is 1.02. The fourth-order valence-corrected chi connectivity index (χ4v) is 2.49. The summed E-state index contributed by atoms with van der Waals surface area (Å²) >= 11 is 3.31. The van der Waals surface area contributed by atoms with E-state index in [9.17, 15) is 14.0 Å². The van der Waals surface area contributed by atoms with Crippen LogP contribution >= 0.6 is 15.9 Å². The molecule has 0 unspecified atom stereocenters. The molecule has 5 nitrogen and oxygen atoms in total. The van der Waals surface area contributed by atoms with Gasteiger partial charge in [-0.3, -0.25) is 9.59 Å². The van der Waals surface area contributed by atoms with Gasteiger partial charge in [0.1, 0.15) is 0 Å². The Labute approximate surface area is 153 Å². The smallest absolute Gasteiger partial charge is 0.311 e. The summed E-state index contributed by atoms with van der Waals surface area (Å²) in [5, 5.41) is 2.65. The molecule has 2 aromatic carbocycles. The van der Waals surface area contributed by atoms with Gasteiger partial charge < -0.3 is 14.8 Å². The van der Waals surface area contributed by atoms with Crippen molar-refractivity contribution in [1.29, 1.82) is 0 Å². The maximum atomic E-state index is 13.6. The second-order valence-electron chi connectivity index (χ2n) is 5.28. The summed E-state index contributed by atoms with van der Waals surface area (Å²) in [6.07, 6.45) is -1.12. The molecule has 2 aromatic rings. The Hall–Kier alpha value is -2.41. The molecule has 0 saturated heterocycles. The predicted octanol–water partition coefficient (Wildman–Crippen LogP) is 3.71. The highest BCUT2D eigenvalue weighted by Crippen LogP contribution is 2.19. The van der Waals surface area contributed by atoms with Crippen molar-refractivity contribution in [2.24, 2.45) is 0 Å². The molecular formula is C18H17BrFNO4. The van der Waals surface area contributed by atoms with Gasteiger partial charge in [0.2, 0.25) is 0 Å². The zero-order valence-corrected chi connectivity index (χ0v) is 15.3. The fourth-order valence-electron chi connectivity index (χ4n) is 2.09. The first-order chi connectivity index (χ1) is 11.9. The summed E-state index contributed by atoms with van der Waals surface area (Å²) in [5.74, 6) is -1.54. The van der Waals surface area contributed by atoms with Gasteiger partial charge in [0.25, 0.3) is 5.91 Å². The third-order valence-electron chi connectivity index (χ3n) is 3.33. The molecule has 0 spiro atoms. The lowest BCUT2D eigenvalue weighted by Crippen LogP contribution is -2.30. The number of nitrogens with one attached hydrogen (secondary N) is 1. The summed E-state index contributed by atoms with van der Waals surface area (Å²) in [6, 6.07) is 11.2. The number of amides is 1. The molecule has 25 heavy (non-hydrogen) atoms. The number of hydrogen-bond donors (Lipinski definition) is 1. The number of carbonyl (C=O) groups is 2. The number of halogens is 2. The molecule has 1 N–H and O–H groups in total. The molecule has 0 saturated carbocycles. The number of ether oxygens (including phenoxy) is 2. The molecule has 1 atom stereocenters. The Morgan fingerprint density at radius 2 is 2.00 bits per heavy atom. The lowest BCUT2D eigenvalue weighted by Gasteiger charge is -2.14. The van der Waals surface area contributed by atoms with Crippen LogP contribution in [0.3, 0.4) is 0 Å². The van der Waals surface area contributed by atoms with Gasteiger partial charge in [0.05, 0.1) is 13.5 Å². The van der Waals surface area contributed by atoms with Gasteiger partial charge in [0.15, 0.2) is 17.7 Å². The summed E-state index contributed by atoms with van der Waals surface area (Å²) in [6.45, 7) is 1.47. The van der Waals surface area contributed by atoms with Crippen LogP contribution < -0.4 is 10.1 Å². The van der Waals surface area contributed by atoms with Crippen LogP contribution in [0.25, 0.3) is 0 Å². The van der Waals surface area contributed by atoms with Crippen molar-refractivity contribution < 1.29 is 23.5 Å². The molecule has 0 bridgehead atoms. The highest BCUT2D eigenvalue weighted by atomic mass is 79.9. The Kier molecular flexibility index (Phi) is 6.52. The summed E-state index contributed by atoms with van der Waals surface area (Å²) in [7, 11) is 1.36. The minimum absolute atomic E-state index is 0.0962. The quantitative estimate of drug-likeness (QED) is 0.738. The van der Waals surface area contributed by atoms with Crippen molar-refractivity contribution in [2.45, 2.75) is 19.4 Å². The van der Waals surface area contributed by atoms with Crippen molar-refractivity contribution in [3.05, 3.63) is 58.3 Å². The van der Waals surface area contributed by atoms with E-state index in [0.717, 1.165) is 4.47 Å². The van der Waals surface area contributed by atoms with Gasteiger partial charge in [-0.05, 0) is 42.8 Å². The van der Waals surface area contributed by atoms with Crippen molar-refractivity contribution in [3.63, 3.8) is 0 Å². The van der Waals surface area contributed by atoms with Crippen molar-refractivity contribution in [3.8, 4) is 5.75 Å². The molecule has 0 aliphatic rings. The van der Waals surface area contributed by atoms with Crippen molar-refractivity contribution >= 4 is 33.5 Å². The molecule has 0 fully saturated rings. The van der Waals surface area contributed by atoms with Gasteiger partial charge in [-0.25, -0.2) is 4.39 Å². The third-order valence-corrected chi connectivity index (χ3v) is 3.83. The zero-order chi connectivity index (χ0) is 18.4. The molecular weight excluding hydrogens is 393 g/mol. The lowest BCUT2D eigenvalue weighted by molar-refractivity contribution is -0.152. The molecule has 0 aliphatic heterocycles. The molecule has 2 rings (SSSR count). The largest absolute Gasteiger partial charge is 0.494 e. The Balaban J connectivity index is 1.90. The van der Waals surface area contributed by atoms with Crippen LogP contribution in [0.2, 0.25) is 0 Å². The van der Waals surface area contributed by atoms with E-state index in [2.05, 4.69) is 21.2 Å². The minimum atomic E-state index is -0.977. The Morgan fingerprint density at radius 3 is 2.64 bits per heavy atom. The maximum absolute atomic E-state index is 13.6. The lowest BCUT2D eigenvalue weighted by atomic mass is 10.1. The fraction of sp³-hybridized carbons (Fsp3) is 0.222. The monoisotopic (exact) mass is 409 g/mol. The van der Waals surface area contributed by atoms with Gasteiger partial charge in [-0.15, -0.1) is 0 Å². The van der Waals surface area contributed by atoms with Crippen molar-refractivity contribution in [2.75, 3.05) is 12.4 Å². The average molecular weight is 410 g/mol. The van der Waals surface area contributed by atoms with E-state index < -0.39 is 23.8 Å². The van der Waals surface area contributed by atoms with Crippen LogP contribution in [0.4, 0.5) is 10.1 Å². The molecule has 1 amide bonds. The van der Waals surface area contributed by atoms with E-state index in [4.69, 9.17) is 9.47 Å². The van der Waals surface area contributed by atoms with Gasteiger partial charge in [-0.1, -0.05) is 28.1 Å². The van der Waals surface area contributed by atoms with Gasteiger partial charge in [-0.2, -0.15) is 0 Å². The number of carbonyl (C=O) groups excluding carboxylic acids is 2. The molecule has 132 valence electrons. The second-order valence-corrected chi connectivity index (χ2v) is 6.19. The van der Waals surface area contributed by atoms with Crippen LogP contribution in [-0.2, 0) is 20.7 Å². The van der Waals surface area contributed by atoms with Crippen LogP contribution in [0.1, 0.15) is 12.5 Å². The first kappa shape index (κ1) is 18.9. The van der Waals surface area contributed by atoms with Crippen LogP contribution in [0, 0.1) is 5.82 Å². The van der Waals surface area contributed by atoms with E-state index in [1.54, 1.807) is 24.3 Å². The van der Waals surface area contributed by atoms with E-state index in [0.29, 0.717) is 11.3 Å². The molecule has 0 radical (unpaired) electrons. The minimum Gasteiger partial charge on any atom is -0.494 e. The normalized spacial score (nSPS) is 11.5. The number of esters is 1. The second kappa shape index (κ2) is 8.62. The van der Waals surface area contributed by atoms with E-state index >= 15 is 0 Å². The van der Waals surface area contributed by atoms with Crippen LogP contribution in [0.15, 0.2) is 46.9 Å². The number of benzene rings is 2. The first-order valence-electron chi connectivity index (χ1n) is 7.47. The zero-order valence-electron chi connectivity index (χ0n) is 13.7. The predicted molar refractivity (Wildman–Crippen MR) is 95.0 cm³/mol. The van der Waals surface area contributed by atoms with Crippen molar-refractivity contribution in [1.82, 2.24) is 0 Å².